The third kappa shape index (κ3) is 5.86. The Hall–Kier alpha value is -0.760. The van der Waals surface area contributed by atoms with Crippen LogP contribution in [0.5, 0.6) is 0 Å². The summed E-state index contributed by atoms with van der Waals surface area (Å²) in [4.78, 5) is 22.6. The molecule has 21 heavy (non-hydrogen) atoms. The zero-order valence-corrected chi connectivity index (χ0v) is 13.5. The van der Waals surface area contributed by atoms with Crippen molar-refractivity contribution in [3.05, 3.63) is 0 Å². The molecule has 1 saturated heterocycles. The van der Waals surface area contributed by atoms with Crippen molar-refractivity contribution in [1.29, 1.82) is 5.41 Å². The number of hydrogen-bond donors (Lipinski definition) is 1. The van der Waals surface area contributed by atoms with E-state index in [1.807, 2.05) is 0 Å². The molecule has 0 aromatic heterocycles. The van der Waals surface area contributed by atoms with Crippen LogP contribution in [0.1, 0.15) is 19.8 Å². The molecular weight excluding hydrogens is 348 g/mol. The Bertz CT molecular complexity index is 425. The molecule has 7 nitrogen and oxygen atoms in total. The van der Waals surface area contributed by atoms with Crippen molar-refractivity contribution in [3.8, 4) is 0 Å². The van der Waals surface area contributed by atoms with Gasteiger partial charge in [0.2, 0.25) is 12.2 Å². The number of nitrogens with one attached hydrogen (secondary N) is 1. The molecule has 0 radical (unpaired) electrons. The van der Waals surface area contributed by atoms with E-state index in [0.717, 1.165) is 0 Å². The Morgan fingerprint density at radius 3 is 2.33 bits per heavy atom. The number of carbonyl (C=O) groups is 2. The molecular formula is C11H14Cl3NO6. The topological polar surface area (TPSA) is 94.9 Å². The summed E-state index contributed by atoms with van der Waals surface area (Å²) in [5.74, 6) is -1.83. The number of carbonyl (C=O) groups excluding carboxylic acids is 2. The normalized spacial score (nSPS) is 25.9. The van der Waals surface area contributed by atoms with Gasteiger partial charge in [-0.1, -0.05) is 34.8 Å². The molecule has 1 aliphatic rings. The first-order valence-electron chi connectivity index (χ1n) is 5.86. The van der Waals surface area contributed by atoms with E-state index in [4.69, 9.17) is 54.4 Å². The molecule has 0 aliphatic carbocycles. The summed E-state index contributed by atoms with van der Waals surface area (Å²) in [5, 5.41) is 7.48. The Balaban J connectivity index is 2.75. The van der Waals surface area contributed by atoms with Crippen LogP contribution >= 0.6 is 34.8 Å². The lowest BCUT2D eigenvalue weighted by atomic mass is 10.0. The molecule has 1 N–H and O–H groups in total. The summed E-state index contributed by atoms with van der Waals surface area (Å²) in [6, 6.07) is 0. The molecule has 1 aliphatic heterocycles. The van der Waals surface area contributed by atoms with E-state index in [-0.39, 0.29) is 12.8 Å². The van der Waals surface area contributed by atoms with Crippen molar-refractivity contribution in [2.24, 2.45) is 0 Å². The smallest absolute Gasteiger partial charge is 0.335 e. The first-order valence-corrected chi connectivity index (χ1v) is 6.99. The minimum atomic E-state index is -2.06. The summed E-state index contributed by atoms with van der Waals surface area (Å²) < 4.78 is 17.9. The van der Waals surface area contributed by atoms with Crippen LogP contribution in [-0.2, 0) is 28.5 Å². The minimum Gasteiger partial charge on any atom is -0.467 e. The third-order valence-electron chi connectivity index (χ3n) is 2.55. The van der Waals surface area contributed by atoms with Gasteiger partial charge in [-0.15, -0.1) is 0 Å². The number of hydrogen-bond acceptors (Lipinski definition) is 7. The van der Waals surface area contributed by atoms with Crippen LogP contribution in [0, 0.1) is 5.41 Å². The summed E-state index contributed by atoms with van der Waals surface area (Å²) in [5.41, 5.74) is 0. The second kappa shape index (κ2) is 7.49. The minimum absolute atomic E-state index is 0.0935. The molecule has 0 aromatic rings. The maximum absolute atomic E-state index is 11.6. The molecule has 0 spiro atoms. The van der Waals surface area contributed by atoms with Gasteiger partial charge in [0, 0.05) is 19.8 Å². The van der Waals surface area contributed by atoms with E-state index in [1.165, 1.54) is 14.0 Å². The van der Waals surface area contributed by atoms with Crippen LogP contribution in [0.2, 0.25) is 0 Å². The standard InChI is InChI=1S/C11H14Cl3NO6/c1-5(16)19-6-3-7(9(17)18-2)20-8(4-6)21-10(15)11(12,13)14/h6-8,15H,3-4H2,1-2H3/t6-,7-,8-/m0/s1. The third-order valence-corrected chi connectivity index (χ3v) is 3.07. The van der Waals surface area contributed by atoms with E-state index in [0.29, 0.717) is 0 Å². The fourth-order valence-electron chi connectivity index (χ4n) is 1.73. The van der Waals surface area contributed by atoms with Gasteiger partial charge in [-0.05, 0) is 0 Å². The van der Waals surface area contributed by atoms with Crippen LogP contribution in [0.25, 0.3) is 0 Å². The molecule has 1 fully saturated rings. The lowest BCUT2D eigenvalue weighted by molar-refractivity contribution is -0.207. The molecule has 0 unspecified atom stereocenters. The molecule has 0 bridgehead atoms. The largest absolute Gasteiger partial charge is 0.467 e. The van der Waals surface area contributed by atoms with Crippen molar-refractivity contribution in [2.45, 2.75) is 42.1 Å². The van der Waals surface area contributed by atoms with Crippen LogP contribution < -0.4 is 0 Å². The van der Waals surface area contributed by atoms with E-state index < -0.39 is 40.1 Å². The molecule has 10 heteroatoms. The Kier molecular flexibility index (Phi) is 6.52. The zero-order valence-electron chi connectivity index (χ0n) is 11.2. The highest BCUT2D eigenvalue weighted by Gasteiger charge is 2.39. The summed E-state index contributed by atoms with van der Waals surface area (Å²) in [6.07, 6.45) is -2.49. The van der Waals surface area contributed by atoms with E-state index in [1.54, 1.807) is 0 Å². The molecule has 3 atom stereocenters. The van der Waals surface area contributed by atoms with Gasteiger partial charge >= 0.3 is 11.9 Å². The monoisotopic (exact) mass is 361 g/mol. The van der Waals surface area contributed by atoms with Crippen LogP contribution in [0.4, 0.5) is 0 Å². The predicted molar refractivity (Wildman–Crippen MR) is 74.6 cm³/mol. The highest BCUT2D eigenvalue weighted by Crippen LogP contribution is 2.31. The Morgan fingerprint density at radius 1 is 1.24 bits per heavy atom. The maximum atomic E-state index is 11.6. The van der Waals surface area contributed by atoms with Gasteiger partial charge in [0.1, 0.15) is 6.10 Å². The molecule has 0 aromatic carbocycles. The van der Waals surface area contributed by atoms with Gasteiger partial charge in [-0.3, -0.25) is 10.2 Å². The lowest BCUT2D eigenvalue weighted by Crippen LogP contribution is -2.44. The number of esters is 2. The summed E-state index contributed by atoms with van der Waals surface area (Å²) in [6.45, 7) is 1.24. The zero-order chi connectivity index (χ0) is 16.2. The first kappa shape index (κ1) is 18.3. The van der Waals surface area contributed by atoms with Gasteiger partial charge in [0.25, 0.3) is 3.79 Å². The van der Waals surface area contributed by atoms with Gasteiger partial charge in [-0.2, -0.15) is 0 Å². The quantitative estimate of drug-likeness (QED) is 0.357. The summed E-state index contributed by atoms with van der Waals surface area (Å²) in [7, 11) is 1.19. The van der Waals surface area contributed by atoms with Gasteiger partial charge in [0.15, 0.2) is 6.10 Å². The van der Waals surface area contributed by atoms with Crippen molar-refractivity contribution in [1.82, 2.24) is 0 Å². The fraction of sp³-hybridized carbons (Fsp3) is 0.727. The van der Waals surface area contributed by atoms with Crippen LogP contribution in [0.3, 0.4) is 0 Å². The van der Waals surface area contributed by atoms with Crippen molar-refractivity contribution < 1.29 is 28.5 Å². The molecule has 120 valence electrons. The highest BCUT2D eigenvalue weighted by molar-refractivity contribution is 6.76. The number of rotatable bonds is 3. The second-order valence-corrected chi connectivity index (χ2v) is 6.51. The van der Waals surface area contributed by atoms with Crippen molar-refractivity contribution in [2.75, 3.05) is 7.11 Å². The fourth-order valence-corrected chi connectivity index (χ4v) is 1.87. The number of halogens is 3. The van der Waals surface area contributed by atoms with E-state index in [9.17, 15) is 9.59 Å². The number of methoxy groups -OCH3 is 1. The van der Waals surface area contributed by atoms with Gasteiger partial charge in [0.05, 0.1) is 7.11 Å². The molecule has 1 rings (SSSR count). The molecule has 0 amide bonds. The summed E-state index contributed by atoms with van der Waals surface area (Å²) >= 11 is 16.5. The van der Waals surface area contributed by atoms with Crippen molar-refractivity contribution >= 4 is 52.6 Å². The Labute approximate surface area is 136 Å². The number of ether oxygens (including phenoxy) is 4. The SMILES string of the molecule is COC(=O)[C@@H]1C[C@H](OC(C)=O)C[C@H](OC(=N)C(Cl)(Cl)Cl)O1. The Morgan fingerprint density at radius 2 is 1.86 bits per heavy atom. The second-order valence-electron chi connectivity index (χ2n) is 4.23. The highest BCUT2D eigenvalue weighted by atomic mass is 35.6. The molecule has 0 saturated carbocycles. The average Bonchev–Trinajstić information content (AvgIpc) is 2.35. The number of alkyl halides is 3. The van der Waals surface area contributed by atoms with Gasteiger partial charge in [-0.25, -0.2) is 4.79 Å². The van der Waals surface area contributed by atoms with Crippen LogP contribution in [0.15, 0.2) is 0 Å². The van der Waals surface area contributed by atoms with Crippen LogP contribution in [-0.4, -0.2) is 47.2 Å². The first-order chi connectivity index (χ1) is 9.63. The lowest BCUT2D eigenvalue weighted by Gasteiger charge is -2.33. The van der Waals surface area contributed by atoms with Gasteiger partial charge < -0.3 is 18.9 Å². The maximum Gasteiger partial charge on any atom is 0.335 e. The van der Waals surface area contributed by atoms with Crippen molar-refractivity contribution in [3.63, 3.8) is 0 Å². The molecule has 1 heterocycles. The van der Waals surface area contributed by atoms with E-state index >= 15 is 0 Å². The van der Waals surface area contributed by atoms with E-state index in [2.05, 4.69) is 4.74 Å². The predicted octanol–water partition coefficient (Wildman–Crippen LogP) is 1.96. The average molecular weight is 363 g/mol.